The average Bonchev–Trinajstić information content (AvgIpc) is 2.38. The minimum absolute atomic E-state index is 0.143. The monoisotopic (exact) mass is 314 g/mol. The summed E-state index contributed by atoms with van der Waals surface area (Å²) < 4.78 is 56.4. The third-order valence-corrected chi connectivity index (χ3v) is 5.45. The molecular formula is C12H10O6S2. The molecule has 0 amide bonds. The SMILES string of the molecule is O=S(=O)(O)c1c(O)cccc1S(=O)(=O)c1ccccc1. The molecule has 6 nitrogen and oxygen atoms in total. The van der Waals surface area contributed by atoms with Gasteiger partial charge in [-0.1, -0.05) is 24.3 Å². The summed E-state index contributed by atoms with van der Waals surface area (Å²) in [6.07, 6.45) is 0. The van der Waals surface area contributed by atoms with Gasteiger partial charge in [0.15, 0.2) is 4.90 Å². The Kier molecular flexibility index (Phi) is 3.55. The van der Waals surface area contributed by atoms with Crippen molar-refractivity contribution in [1.82, 2.24) is 0 Å². The van der Waals surface area contributed by atoms with Gasteiger partial charge in [0, 0.05) is 0 Å². The van der Waals surface area contributed by atoms with Gasteiger partial charge in [0.2, 0.25) is 9.84 Å². The lowest BCUT2D eigenvalue weighted by atomic mass is 10.3. The van der Waals surface area contributed by atoms with E-state index in [0.717, 1.165) is 12.1 Å². The third-order valence-electron chi connectivity index (χ3n) is 2.56. The van der Waals surface area contributed by atoms with Crippen LogP contribution in [-0.4, -0.2) is 26.5 Å². The highest BCUT2D eigenvalue weighted by Crippen LogP contribution is 2.32. The number of sulfone groups is 1. The summed E-state index contributed by atoms with van der Waals surface area (Å²) in [5, 5.41) is 9.53. The maximum atomic E-state index is 12.4. The Bertz CT molecular complexity index is 839. The first-order valence-corrected chi connectivity index (χ1v) is 8.26. The van der Waals surface area contributed by atoms with Crippen LogP contribution in [0.3, 0.4) is 0 Å². The number of phenols is 1. The molecule has 0 saturated heterocycles. The molecule has 0 spiro atoms. The van der Waals surface area contributed by atoms with E-state index < -0.39 is 35.5 Å². The summed E-state index contributed by atoms with van der Waals surface area (Å²) in [6, 6.07) is 10.3. The van der Waals surface area contributed by atoms with Crippen molar-refractivity contribution >= 4 is 20.0 Å². The number of hydrogen-bond acceptors (Lipinski definition) is 5. The van der Waals surface area contributed by atoms with E-state index in [4.69, 9.17) is 4.55 Å². The molecule has 2 aromatic rings. The predicted molar refractivity (Wildman–Crippen MR) is 69.8 cm³/mol. The van der Waals surface area contributed by atoms with Gasteiger partial charge >= 0.3 is 0 Å². The lowest BCUT2D eigenvalue weighted by Crippen LogP contribution is -2.09. The van der Waals surface area contributed by atoms with Crippen LogP contribution < -0.4 is 0 Å². The first-order chi connectivity index (χ1) is 9.24. The van der Waals surface area contributed by atoms with Crippen LogP contribution in [0.5, 0.6) is 5.75 Å². The van der Waals surface area contributed by atoms with E-state index in [9.17, 15) is 21.9 Å². The van der Waals surface area contributed by atoms with Gasteiger partial charge in [-0.05, 0) is 24.3 Å². The second kappa shape index (κ2) is 4.89. The van der Waals surface area contributed by atoms with Crippen LogP contribution >= 0.6 is 0 Å². The molecule has 0 atom stereocenters. The second-order valence-corrected chi connectivity index (χ2v) is 7.17. The molecule has 0 heterocycles. The Hall–Kier alpha value is -1.90. The molecule has 0 aliphatic heterocycles. The maximum Gasteiger partial charge on any atom is 0.299 e. The van der Waals surface area contributed by atoms with E-state index in [-0.39, 0.29) is 4.90 Å². The second-order valence-electron chi connectivity index (χ2n) is 3.90. The van der Waals surface area contributed by atoms with Crippen LogP contribution in [0.15, 0.2) is 63.2 Å². The number of phenolic OH excluding ortho intramolecular Hbond substituents is 1. The number of aromatic hydroxyl groups is 1. The summed E-state index contributed by atoms with van der Waals surface area (Å²) in [5.74, 6) is -0.829. The van der Waals surface area contributed by atoms with E-state index in [1.54, 1.807) is 6.07 Å². The Morgan fingerprint density at radius 3 is 1.95 bits per heavy atom. The minimum atomic E-state index is -4.88. The van der Waals surface area contributed by atoms with Gasteiger partial charge in [0.05, 0.1) is 9.79 Å². The van der Waals surface area contributed by atoms with E-state index in [1.165, 1.54) is 30.3 Å². The lowest BCUT2D eigenvalue weighted by Gasteiger charge is -2.09. The molecule has 0 aliphatic carbocycles. The van der Waals surface area contributed by atoms with Crippen molar-refractivity contribution in [3.05, 3.63) is 48.5 Å². The lowest BCUT2D eigenvalue weighted by molar-refractivity contribution is 0.437. The molecule has 0 radical (unpaired) electrons. The fourth-order valence-corrected chi connectivity index (χ4v) is 4.38. The molecule has 8 heteroatoms. The summed E-state index contributed by atoms with van der Waals surface area (Å²) in [5.41, 5.74) is 0. The Morgan fingerprint density at radius 1 is 0.800 bits per heavy atom. The molecule has 2 N–H and O–H groups in total. The van der Waals surface area contributed by atoms with Crippen LogP contribution in [0.25, 0.3) is 0 Å². The smallest absolute Gasteiger partial charge is 0.299 e. The summed E-state index contributed by atoms with van der Waals surface area (Å²) >= 11 is 0. The minimum Gasteiger partial charge on any atom is -0.506 e. The van der Waals surface area contributed by atoms with Crippen LogP contribution in [0.1, 0.15) is 0 Å². The largest absolute Gasteiger partial charge is 0.506 e. The average molecular weight is 314 g/mol. The van der Waals surface area contributed by atoms with E-state index in [1.807, 2.05) is 0 Å². The molecule has 0 unspecified atom stereocenters. The molecule has 0 saturated carbocycles. The molecule has 0 bridgehead atoms. The van der Waals surface area contributed by atoms with Crippen molar-refractivity contribution in [2.75, 3.05) is 0 Å². The number of benzene rings is 2. The zero-order valence-electron chi connectivity index (χ0n) is 9.96. The summed E-state index contributed by atoms with van der Waals surface area (Å²) in [4.78, 5) is -1.84. The molecule has 2 rings (SSSR count). The van der Waals surface area contributed by atoms with Crippen LogP contribution in [0.4, 0.5) is 0 Å². The summed E-state index contributed by atoms with van der Waals surface area (Å²) in [7, 11) is -9.06. The van der Waals surface area contributed by atoms with E-state index >= 15 is 0 Å². The highest BCUT2D eigenvalue weighted by Gasteiger charge is 2.29. The quantitative estimate of drug-likeness (QED) is 0.830. The van der Waals surface area contributed by atoms with Crippen molar-refractivity contribution < 1.29 is 26.5 Å². The standard InChI is InChI=1S/C12H10O6S2/c13-10-7-4-8-11(12(10)20(16,17)18)19(14,15)9-5-2-1-3-6-9/h1-8,13H,(H,16,17,18). The predicted octanol–water partition coefficient (Wildman–Crippen LogP) is 1.47. The number of rotatable bonds is 3. The Balaban J connectivity index is 2.82. The van der Waals surface area contributed by atoms with Crippen molar-refractivity contribution in [1.29, 1.82) is 0 Å². The van der Waals surface area contributed by atoms with Gasteiger partial charge in [-0.25, -0.2) is 8.42 Å². The summed E-state index contributed by atoms with van der Waals surface area (Å²) in [6.45, 7) is 0. The third kappa shape index (κ3) is 2.53. The Morgan fingerprint density at radius 2 is 1.40 bits per heavy atom. The molecule has 0 fully saturated rings. The first-order valence-electron chi connectivity index (χ1n) is 5.34. The molecule has 0 aromatic heterocycles. The fraction of sp³-hybridized carbons (Fsp3) is 0. The molecular weight excluding hydrogens is 304 g/mol. The van der Waals surface area contributed by atoms with Crippen molar-refractivity contribution in [3.8, 4) is 5.75 Å². The molecule has 20 heavy (non-hydrogen) atoms. The normalized spacial score (nSPS) is 12.2. The zero-order valence-corrected chi connectivity index (χ0v) is 11.6. The van der Waals surface area contributed by atoms with Gasteiger partial charge in [0.25, 0.3) is 10.1 Å². The topological polar surface area (TPSA) is 109 Å². The van der Waals surface area contributed by atoms with Crippen molar-refractivity contribution in [2.45, 2.75) is 14.7 Å². The van der Waals surface area contributed by atoms with Gasteiger partial charge in [-0.3, -0.25) is 4.55 Å². The highest BCUT2D eigenvalue weighted by molar-refractivity contribution is 7.93. The van der Waals surface area contributed by atoms with E-state index in [2.05, 4.69) is 0 Å². The van der Waals surface area contributed by atoms with Crippen molar-refractivity contribution in [3.63, 3.8) is 0 Å². The van der Waals surface area contributed by atoms with Gasteiger partial charge < -0.3 is 5.11 Å². The van der Waals surface area contributed by atoms with Crippen LogP contribution in [-0.2, 0) is 20.0 Å². The highest BCUT2D eigenvalue weighted by atomic mass is 32.2. The zero-order chi connectivity index (χ0) is 15.0. The maximum absolute atomic E-state index is 12.4. The van der Waals surface area contributed by atoms with Gasteiger partial charge in [-0.2, -0.15) is 8.42 Å². The first kappa shape index (κ1) is 14.5. The molecule has 2 aromatic carbocycles. The molecule has 106 valence electrons. The fourth-order valence-electron chi connectivity index (χ4n) is 1.70. The Labute approximate surface area is 116 Å². The number of hydrogen-bond donors (Lipinski definition) is 2. The van der Waals surface area contributed by atoms with E-state index in [0.29, 0.717) is 0 Å². The van der Waals surface area contributed by atoms with Crippen LogP contribution in [0.2, 0.25) is 0 Å². The van der Waals surface area contributed by atoms with Crippen molar-refractivity contribution in [2.24, 2.45) is 0 Å². The van der Waals surface area contributed by atoms with Gasteiger partial charge in [0.1, 0.15) is 5.75 Å². The van der Waals surface area contributed by atoms with Gasteiger partial charge in [-0.15, -0.1) is 0 Å². The van der Waals surface area contributed by atoms with Crippen LogP contribution in [0, 0.1) is 0 Å². The molecule has 0 aliphatic rings.